The molecule has 3 N–H and O–H groups in total. The molecule has 0 amide bonds. The molecule has 0 fully saturated rings. The second-order valence-electron chi connectivity index (χ2n) is 6.82. The van der Waals surface area contributed by atoms with Crippen LogP contribution in [-0.2, 0) is 10.0 Å². The van der Waals surface area contributed by atoms with E-state index in [1.807, 2.05) is 19.1 Å². The summed E-state index contributed by atoms with van der Waals surface area (Å²) >= 11 is 0. The summed E-state index contributed by atoms with van der Waals surface area (Å²) in [5.41, 5.74) is 1.15. The molecule has 3 aromatic rings. The molecule has 0 aliphatic rings. The van der Waals surface area contributed by atoms with Gasteiger partial charge in [0.2, 0.25) is 10.0 Å². The number of aliphatic imine (C=N–C) groups is 1. The van der Waals surface area contributed by atoms with Gasteiger partial charge in [-0.15, -0.1) is 24.0 Å². The van der Waals surface area contributed by atoms with Gasteiger partial charge in [-0.05, 0) is 48.4 Å². The third-order valence-corrected chi connectivity index (χ3v) is 6.04. The summed E-state index contributed by atoms with van der Waals surface area (Å²) < 4.78 is 27.0. The summed E-state index contributed by atoms with van der Waals surface area (Å²) in [5.74, 6) is 0.638. The van der Waals surface area contributed by atoms with Crippen LogP contribution in [0.5, 0.6) is 0 Å². The van der Waals surface area contributed by atoms with Crippen molar-refractivity contribution in [2.24, 2.45) is 4.99 Å². The van der Waals surface area contributed by atoms with Crippen LogP contribution in [0.3, 0.4) is 0 Å². The van der Waals surface area contributed by atoms with Gasteiger partial charge in [0.25, 0.3) is 0 Å². The van der Waals surface area contributed by atoms with E-state index in [0.717, 1.165) is 5.56 Å². The van der Waals surface area contributed by atoms with Crippen molar-refractivity contribution in [3.8, 4) is 0 Å². The SMILES string of the molecule is CCNC(=NCCNS(=O)(=O)c1cccnc1)NC(C)c1ccc2ccccc2c1.I. The van der Waals surface area contributed by atoms with Crippen LogP contribution >= 0.6 is 24.0 Å². The van der Waals surface area contributed by atoms with Crippen LogP contribution in [0, 0.1) is 0 Å². The van der Waals surface area contributed by atoms with E-state index in [1.54, 1.807) is 6.07 Å². The second kappa shape index (κ2) is 12.0. The molecular formula is C22H28IN5O2S. The molecule has 0 aliphatic carbocycles. The fourth-order valence-electron chi connectivity index (χ4n) is 3.02. The van der Waals surface area contributed by atoms with Crippen molar-refractivity contribution in [2.75, 3.05) is 19.6 Å². The van der Waals surface area contributed by atoms with E-state index in [4.69, 9.17) is 0 Å². The van der Waals surface area contributed by atoms with Crippen LogP contribution in [0.1, 0.15) is 25.5 Å². The minimum Gasteiger partial charge on any atom is -0.357 e. The topological polar surface area (TPSA) is 95.5 Å². The molecule has 1 heterocycles. The van der Waals surface area contributed by atoms with Crippen molar-refractivity contribution in [3.63, 3.8) is 0 Å². The maximum atomic E-state index is 12.2. The number of guanidine groups is 1. The van der Waals surface area contributed by atoms with Crippen molar-refractivity contribution in [3.05, 3.63) is 72.6 Å². The number of nitrogens with one attached hydrogen (secondary N) is 3. The molecule has 1 atom stereocenters. The smallest absolute Gasteiger partial charge is 0.242 e. The van der Waals surface area contributed by atoms with Crippen molar-refractivity contribution >= 4 is 50.7 Å². The lowest BCUT2D eigenvalue weighted by atomic mass is 10.0. The van der Waals surface area contributed by atoms with Gasteiger partial charge in [-0.3, -0.25) is 9.98 Å². The molecule has 0 radical (unpaired) electrons. The van der Waals surface area contributed by atoms with Crippen molar-refractivity contribution in [2.45, 2.75) is 24.8 Å². The van der Waals surface area contributed by atoms with Gasteiger partial charge in [0.1, 0.15) is 4.90 Å². The Hall–Kier alpha value is -2.24. The molecular weight excluding hydrogens is 525 g/mol. The lowest BCUT2D eigenvalue weighted by Gasteiger charge is -2.18. The number of pyridine rings is 1. The molecule has 3 rings (SSSR count). The predicted octanol–water partition coefficient (Wildman–Crippen LogP) is 3.45. The van der Waals surface area contributed by atoms with Gasteiger partial charge in [0.15, 0.2) is 5.96 Å². The molecule has 0 spiro atoms. The Balaban J connectivity index is 0.00000341. The maximum Gasteiger partial charge on any atom is 0.242 e. The van der Waals surface area contributed by atoms with Gasteiger partial charge in [-0.2, -0.15) is 0 Å². The van der Waals surface area contributed by atoms with E-state index < -0.39 is 10.0 Å². The Morgan fingerprint density at radius 2 is 1.87 bits per heavy atom. The molecule has 0 saturated carbocycles. The molecule has 1 aromatic heterocycles. The summed E-state index contributed by atoms with van der Waals surface area (Å²) in [7, 11) is -3.58. The van der Waals surface area contributed by atoms with E-state index in [-0.39, 0.29) is 41.5 Å². The number of benzene rings is 2. The summed E-state index contributed by atoms with van der Waals surface area (Å²) in [6.45, 7) is 5.26. The number of fused-ring (bicyclic) bond motifs is 1. The Labute approximate surface area is 200 Å². The third kappa shape index (κ3) is 7.15. The highest BCUT2D eigenvalue weighted by atomic mass is 127. The highest BCUT2D eigenvalue weighted by Gasteiger charge is 2.13. The minimum absolute atomic E-state index is 0. The zero-order valence-electron chi connectivity index (χ0n) is 17.6. The zero-order chi connectivity index (χ0) is 21.4. The van der Waals surface area contributed by atoms with Crippen molar-refractivity contribution < 1.29 is 8.42 Å². The summed E-state index contributed by atoms with van der Waals surface area (Å²) in [6, 6.07) is 17.8. The molecule has 7 nitrogen and oxygen atoms in total. The average molecular weight is 553 g/mol. The highest BCUT2D eigenvalue weighted by Crippen LogP contribution is 2.20. The number of sulfonamides is 1. The summed E-state index contributed by atoms with van der Waals surface area (Å²) in [6.07, 6.45) is 2.86. The fraction of sp³-hybridized carbons (Fsp3) is 0.273. The Bertz CT molecular complexity index is 1110. The van der Waals surface area contributed by atoms with Crippen LogP contribution in [0.25, 0.3) is 10.8 Å². The number of hydrogen-bond donors (Lipinski definition) is 3. The first-order chi connectivity index (χ1) is 14.5. The maximum absolute atomic E-state index is 12.2. The highest BCUT2D eigenvalue weighted by molar-refractivity contribution is 14.0. The summed E-state index contributed by atoms with van der Waals surface area (Å²) in [4.78, 5) is 8.48. The average Bonchev–Trinajstić information content (AvgIpc) is 2.77. The number of aromatic nitrogens is 1. The van der Waals surface area contributed by atoms with Crippen LogP contribution in [-0.4, -0.2) is 39.0 Å². The lowest BCUT2D eigenvalue weighted by Crippen LogP contribution is -2.39. The van der Waals surface area contributed by atoms with Crippen LogP contribution < -0.4 is 15.4 Å². The Morgan fingerprint density at radius 1 is 1.10 bits per heavy atom. The van der Waals surface area contributed by atoms with Gasteiger partial charge in [0.05, 0.1) is 12.6 Å². The molecule has 0 bridgehead atoms. The number of nitrogens with zero attached hydrogens (tertiary/aromatic N) is 2. The number of halogens is 1. The predicted molar refractivity (Wildman–Crippen MR) is 136 cm³/mol. The van der Waals surface area contributed by atoms with Crippen LogP contribution in [0.15, 0.2) is 76.9 Å². The van der Waals surface area contributed by atoms with Gasteiger partial charge in [-0.1, -0.05) is 36.4 Å². The van der Waals surface area contributed by atoms with Crippen molar-refractivity contribution in [1.29, 1.82) is 0 Å². The van der Waals surface area contributed by atoms with E-state index >= 15 is 0 Å². The molecule has 31 heavy (non-hydrogen) atoms. The standard InChI is InChI=1S/C22H27N5O2S.HI/c1-3-24-22(25-13-14-26-30(28,29)21-9-6-12-23-16-21)27-17(2)19-11-10-18-7-4-5-8-20(18)15-19;/h4-12,15-17,26H,3,13-14H2,1-2H3,(H2,24,25,27);1H. The molecule has 0 saturated heterocycles. The van der Waals surface area contributed by atoms with Crippen LogP contribution in [0.4, 0.5) is 0 Å². The van der Waals surface area contributed by atoms with Gasteiger partial charge in [-0.25, -0.2) is 13.1 Å². The third-order valence-electron chi connectivity index (χ3n) is 4.59. The Kier molecular flexibility index (Phi) is 9.66. The second-order valence-corrected chi connectivity index (χ2v) is 8.59. The molecule has 1 unspecified atom stereocenters. The molecule has 9 heteroatoms. The van der Waals surface area contributed by atoms with E-state index in [9.17, 15) is 8.42 Å². The first-order valence-electron chi connectivity index (χ1n) is 9.93. The normalized spacial score (nSPS) is 12.8. The molecule has 166 valence electrons. The number of rotatable bonds is 8. The lowest BCUT2D eigenvalue weighted by molar-refractivity contribution is 0.581. The first kappa shape index (κ1) is 25.0. The van der Waals surface area contributed by atoms with Gasteiger partial charge in [0, 0.05) is 25.5 Å². The monoisotopic (exact) mass is 553 g/mol. The van der Waals surface area contributed by atoms with E-state index in [0.29, 0.717) is 19.0 Å². The first-order valence-corrected chi connectivity index (χ1v) is 11.4. The van der Waals surface area contributed by atoms with E-state index in [2.05, 4.69) is 62.6 Å². The van der Waals surface area contributed by atoms with E-state index in [1.165, 1.54) is 29.2 Å². The van der Waals surface area contributed by atoms with Crippen molar-refractivity contribution in [1.82, 2.24) is 20.3 Å². The molecule has 0 aliphatic heterocycles. The zero-order valence-corrected chi connectivity index (χ0v) is 20.7. The van der Waals surface area contributed by atoms with Gasteiger partial charge < -0.3 is 10.6 Å². The molecule has 2 aromatic carbocycles. The van der Waals surface area contributed by atoms with Crippen LogP contribution in [0.2, 0.25) is 0 Å². The summed E-state index contributed by atoms with van der Waals surface area (Å²) in [5, 5.41) is 8.98. The fourth-order valence-corrected chi connectivity index (χ4v) is 4.01. The largest absolute Gasteiger partial charge is 0.357 e. The minimum atomic E-state index is -3.58. The van der Waals surface area contributed by atoms with Gasteiger partial charge >= 0.3 is 0 Å². The number of hydrogen-bond acceptors (Lipinski definition) is 4. The Morgan fingerprint density at radius 3 is 2.58 bits per heavy atom. The quantitative estimate of drug-likeness (QED) is 0.172.